The fourth-order valence-corrected chi connectivity index (χ4v) is 5.90. The maximum atomic E-state index is 14.2. The summed E-state index contributed by atoms with van der Waals surface area (Å²) in [6.45, 7) is 6.79. The van der Waals surface area contributed by atoms with Crippen LogP contribution in [0.5, 0.6) is 0 Å². The lowest BCUT2D eigenvalue weighted by Gasteiger charge is -2.36. The first-order valence-corrected chi connectivity index (χ1v) is 13.6. The average Bonchev–Trinajstić information content (AvgIpc) is 3.44. The molecule has 4 aromatic rings. The van der Waals surface area contributed by atoms with Crippen molar-refractivity contribution in [2.45, 2.75) is 51.6 Å². The largest absolute Gasteiger partial charge is 0.356 e. The lowest BCUT2D eigenvalue weighted by Crippen LogP contribution is -2.44. The van der Waals surface area contributed by atoms with Crippen molar-refractivity contribution in [2.75, 3.05) is 11.4 Å². The van der Waals surface area contributed by atoms with Gasteiger partial charge in [-0.15, -0.1) is 0 Å². The molecule has 4 amide bonds. The highest BCUT2D eigenvalue weighted by molar-refractivity contribution is 6.24. The molecule has 7 nitrogen and oxygen atoms in total. The number of H-pyrrole nitrogens is 1. The molecule has 0 radical (unpaired) electrons. The van der Waals surface area contributed by atoms with E-state index < -0.39 is 18.1 Å². The number of fused-ring (bicyclic) bond motifs is 4. The normalized spacial score (nSPS) is 18.6. The van der Waals surface area contributed by atoms with E-state index in [1.54, 1.807) is 29.2 Å². The van der Waals surface area contributed by atoms with Crippen LogP contribution in [-0.2, 0) is 11.2 Å². The first kappa shape index (κ1) is 24.9. The zero-order chi connectivity index (χ0) is 27.3. The van der Waals surface area contributed by atoms with Crippen molar-refractivity contribution < 1.29 is 14.4 Å². The van der Waals surface area contributed by atoms with Crippen LogP contribution in [0.25, 0.3) is 10.9 Å². The quantitative estimate of drug-likeness (QED) is 0.310. The van der Waals surface area contributed by atoms with Crippen LogP contribution in [-0.4, -0.2) is 40.3 Å². The van der Waals surface area contributed by atoms with E-state index in [1.165, 1.54) is 10.5 Å². The van der Waals surface area contributed by atoms with Crippen molar-refractivity contribution in [1.29, 1.82) is 0 Å². The molecule has 7 heteroatoms. The molecule has 39 heavy (non-hydrogen) atoms. The second kappa shape index (κ2) is 9.73. The molecule has 0 aliphatic carbocycles. The van der Waals surface area contributed by atoms with Gasteiger partial charge in [0.05, 0.1) is 11.3 Å². The minimum absolute atomic E-state index is 0.296. The number of anilines is 1. The van der Waals surface area contributed by atoms with Crippen molar-refractivity contribution in [1.82, 2.24) is 15.2 Å². The number of benzene rings is 3. The highest BCUT2D eigenvalue weighted by atomic mass is 16.2. The van der Waals surface area contributed by atoms with E-state index in [2.05, 4.69) is 54.5 Å². The summed E-state index contributed by atoms with van der Waals surface area (Å²) in [6, 6.07) is 21.7. The molecule has 6 rings (SSSR count). The number of hydrogen-bond acceptors (Lipinski definition) is 3. The Morgan fingerprint density at radius 3 is 2.46 bits per heavy atom. The maximum Gasteiger partial charge on any atom is 0.332 e. The van der Waals surface area contributed by atoms with Gasteiger partial charge in [-0.3, -0.25) is 14.5 Å². The van der Waals surface area contributed by atoms with E-state index >= 15 is 0 Å². The molecule has 2 N–H and O–H groups in total. The zero-order valence-corrected chi connectivity index (χ0v) is 22.4. The third kappa shape index (κ3) is 4.00. The monoisotopic (exact) mass is 520 g/mol. The van der Waals surface area contributed by atoms with Crippen molar-refractivity contribution >= 4 is 34.4 Å². The van der Waals surface area contributed by atoms with Crippen molar-refractivity contribution in [3.63, 3.8) is 0 Å². The van der Waals surface area contributed by atoms with Gasteiger partial charge in [-0.05, 0) is 47.2 Å². The number of carbonyl (C=O) groups excluding carboxylic acids is 3. The Balaban J connectivity index is 1.48. The zero-order valence-electron chi connectivity index (χ0n) is 22.4. The molecular formula is C32H32N4O3. The standard InChI is InChI=1S/C32H32N4O3/c1-4-17-33-30(37)23-10-6-8-12-26(23)36-31(38)27-18-24-22-9-5-7-11-25(22)34-28(24)29(35(27)32(36)39)21-15-13-20(14-16-21)19(2)3/h5-16,19,27,29,34H,4,17-18H2,1-3H3,(H,33,37)/t27-,29?/m0/s1. The summed E-state index contributed by atoms with van der Waals surface area (Å²) in [4.78, 5) is 47.7. The fraction of sp³-hybridized carbons (Fsp3) is 0.281. The number of nitrogens with one attached hydrogen (secondary N) is 2. The molecule has 198 valence electrons. The van der Waals surface area contributed by atoms with Gasteiger partial charge < -0.3 is 10.3 Å². The molecule has 2 aliphatic heterocycles. The highest BCUT2D eigenvalue weighted by Crippen LogP contribution is 2.45. The summed E-state index contributed by atoms with van der Waals surface area (Å²) >= 11 is 0. The SMILES string of the molecule is CCCNC(=O)c1ccccc1N1C(=O)[C@@H]2Cc3c([nH]c4ccccc34)C(c3ccc(C(C)C)cc3)N2C1=O. The average molecular weight is 521 g/mol. The molecule has 1 aromatic heterocycles. The first-order chi connectivity index (χ1) is 18.9. The van der Waals surface area contributed by atoms with Gasteiger partial charge in [0.25, 0.3) is 11.8 Å². The number of hydrogen-bond donors (Lipinski definition) is 2. The van der Waals surface area contributed by atoms with Gasteiger partial charge in [0.15, 0.2) is 0 Å². The number of aromatic amines is 1. The predicted octanol–water partition coefficient (Wildman–Crippen LogP) is 5.91. The van der Waals surface area contributed by atoms with Crippen molar-refractivity contribution in [2.24, 2.45) is 0 Å². The first-order valence-electron chi connectivity index (χ1n) is 13.6. The molecule has 1 unspecified atom stereocenters. The van der Waals surface area contributed by atoms with E-state index in [4.69, 9.17) is 0 Å². The minimum Gasteiger partial charge on any atom is -0.356 e. The van der Waals surface area contributed by atoms with Crippen LogP contribution in [0, 0.1) is 0 Å². The molecule has 3 aromatic carbocycles. The van der Waals surface area contributed by atoms with Gasteiger partial charge in [0, 0.05) is 29.6 Å². The molecule has 2 aliphatic rings. The fourth-order valence-electron chi connectivity index (χ4n) is 5.90. The number of urea groups is 1. The summed E-state index contributed by atoms with van der Waals surface area (Å²) in [5.41, 5.74) is 5.76. The summed E-state index contributed by atoms with van der Waals surface area (Å²) < 4.78 is 0. The molecule has 1 fully saturated rings. The van der Waals surface area contributed by atoms with Gasteiger partial charge >= 0.3 is 6.03 Å². The van der Waals surface area contributed by atoms with Crippen LogP contribution in [0.1, 0.15) is 71.9 Å². The third-order valence-electron chi connectivity index (χ3n) is 7.89. The molecule has 0 bridgehead atoms. The molecule has 1 saturated heterocycles. The van der Waals surface area contributed by atoms with E-state index in [0.717, 1.165) is 34.1 Å². The lowest BCUT2D eigenvalue weighted by atomic mass is 9.88. The number of amides is 4. The van der Waals surface area contributed by atoms with Crippen molar-refractivity contribution in [3.05, 3.63) is 101 Å². The van der Waals surface area contributed by atoms with Crippen LogP contribution in [0.3, 0.4) is 0 Å². The molecular weight excluding hydrogens is 488 g/mol. The second-order valence-electron chi connectivity index (χ2n) is 10.6. The topological polar surface area (TPSA) is 85.5 Å². The van der Waals surface area contributed by atoms with Crippen LogP contribution >= 0.6 is 0 Å². The Hall–Kier alpha value is -4.39. The van der Waals surface area contributed by atoms with Gasteiger partial charge in [0.2, 0.25) is 0 Å². The Morgan fingerprint density at radius 1 is 1.00 bits per heavy atom. The number of rotatable bonds is 6. The predicted molar refractivity (Wildman–Crippen MR) is 152 cm³/mol. The Bertz CT molecular complexity index is 1590. The molecule has 2 atom stereocenters. The summed E-state index contributed by atoms with van der Waals surface area (Å²) in [5, 5.41) is 3.94. The van der Waals surface area contributed by atoms with Gasteiger partial charge in [-0.2, -0.15) is 0 Å². The van der Waals surface area contributed by atoms with Crippen LogP contribution in [0.4, 0.5) is 10.5 Å². The van der Waals surface area contributed by atoms with E-state index in [9.17, 15) is 14.4 Å². The molecule has 0 spiro atoms. The van der Waals surface area contributed by atoms with Crippen LogP contribution < -0.4 is 10.2 Å². The summed E-state index contributed by atoms with van der Waals surface area (Å²) in [5.74, 6) is -0.229. The third-order valence-corrected chi connectivity index (χ3v) is 7.89. The number of imide groups is 1. The molecule has 3 heterocycles. The van der Waals surface area contributed by atoms with E-state index in [1.807, 2.05) is 25.1 Å². The summed E-state index contributed by atoms with van der Waals surface area (Å²) in [7, 11) is 0. The van der Waals surface area contributed by atoms with Gasteiger partial charge in [-0.1, -0.05) is 75.4 Å². The smallest absolute Gasteiger partial charge is 0.332 e. The lowest BCUT2D eigenvalue weighted by molar-refractivity contribution is -0.120. The Labute approximate surface area is 227 Å². The number of para-hydroxylation sites is 2. The van der Waals surface area contributed by atoms with Gasteiger partial charge in [0.1, 0.15) is 12.1 Å². The second-order valence-corrected chi connectivity index (χ2v) is 10.6. The Morgan fingerprint density at radius 2 is 1.72 bits per heavy atom. The van der Waals surface area contributed by atoms with Crippen molar-refractivity contribution in [3.8, 4) is 0 Å². The highest BCUT2D eigenvalue weighted by Gasteiger charge is 2.53. The van der Waals surface area contributed by atoms with E-state index in [0.29, 0.717) is 30.1 Å². The number of carbonyl (C=O) groups is 3. The van der Waals surface area contributed by atoms with E-state index in [-0.39, 0.29) is 11.8 Å². The van der Waals surface area contributed by atoms with Gasteiger partial charge in [-0.25, -0.2) is 9.69 Å². The number of aromatic nitrogens is 1. The number of nitrogens with zero attached hydrogens (tertiary/aromatic N) is 2. The maximum absolute atomic E-state index is 14.2. The van der Waals surface area contributed by atoms with Crippen LogP contribution in [0.15, 0.2) is 72.8 Å². The summed E-state index contributed by atoms with van der Waals surface area (Å²) in [6.07, 6.45) is 1.19. The minimum atomic E-state index is -0.675. The van der Waals surface area contributed by atoms with Crippen LogP contribution in [0.2, 0.25) is 0 Å². The Kier molecular flexibility index (Phi) is 6.22. The molecule has 0 saturated carbocycles.